The second kappa shape index (κ2) is 35.3. The van der Waals surface area contributed by atoms with Gasteiger partial charge in [0, 0.05) is 26.1 Å². The SMILES string of the molecule is CCCCCCCCCC1CCCCCCOCCC(CCCCCCC)C(CCCCCCCC)CCCCCCCCC(=O)Cc2ccccc21. The van der Waals surface area contributed by atoms with Crippen LogP contribution in [-0.4, -0.2) is 19.0 Å². The summed E-state index contributed by atoms with van der Waals surface area (Å²) in [5.74, 6) is 2.79. The molecule has 0 amide bonds. The molecule has 0 spiro atoms. The van der Waals surface area contributed by atoms with Crippen molar-refractivity contribution >= 4 is 5.78 Å². The highest BCUT2D eigenvalue weighted by atomic mass is 16.5. The van der Waals surface area contributed by atoms with E-state index in [0.717, 1.165) is 37.9 Å². The summed E-state index contributed by atoms with van der Waals surface area (Å²) < 4.78 is 6.41. The molecule has 53 heavy (non-hydrogen) atoms. The lowest BCUT2D eigenvalue weighted by atomic mass is 9.79. The molecule has 1 aliphatic rings. The van der Waals surface area contributed by atoms with Crippen molar-refractivity contribution in [1.29, 1.82) is 0 Å². The van der Waals surface area contributed by atoms with Gasteiger partial charge >= 0.3 is 0 Å². The van der Waals surface area contributed by atoms with Crippen LogP contribution in [-0.2, 0) is 16.0 Å². The molecule has 0 fully saturated rings. The van der Waals surface area contributed by atoms with E-state index >= 15 is 0 Å². The second-order valence-electron chi connectivity index (χ2n) is 17.6. The van der Waals surface area contributed by atoms with Crippen LogP contribution in [0.25, 0.3) is 0 Å². The summed E-state index contributed by atoms with van der Waals surface area (Å²) in [5.41, 5.74) is 2.81. The quantitative estimate of drug-likeness (QED) is 0.117. The van der Waals surface area contributed by atoms with Gasteiger partial charge in [-0.1, -0.05) is 231 Å². The first-order valence-electron chi connectivity index (χ1n) is 24.4. The fourth-order valence-corrected chi connectivity index (χ4v) is 9.35. The van der Waals surface area contributed by atoms with E-state index in [0.29, 0.717) is 18.1 Å². The molecule has 2 nitrogen and oxygen atoms in total. The highest BCUT2D eigenvalue weighted by molar-refractivity contribution is 5.81. The molecular formula is C51H92O2. The molecule has 2 rings (SSSR count). The van der Waals surface area contributed by atoms with Crippen molar-refractivity contribution in [2.45, 2.75) is 258 Å². The van der Waals surface area contributed by atoms with Crippen LogP contribution in [0.4, 0.5) is 0 Å². The number of ether oxygens (including phenoxy) is 1. The maximum Gasteiger partial charge on any atom is 0.137 e. The summed E-state index contributed by atoms with van der Waals surface area (Å²) in [6, 6.07) is 9.02. The van der Waals surface area contributed by atoms with Gasteiger partial charge in [0.05, 0.1) is 0 Å². The molecule has 0 radical (unpaired) electrons. The lowest BCUT2D eigenvalue weighted by Gasteiger charge is -2.28. The molecule has 2 heteroatoms. The Morgan fingerprint density at radius 3 is 1.62 bits per heavy atom. The molecule has 0 N–H and O–H groups in total. The first-order valence-corrected chi connectivity index (χ1v) is 24.4. The number of fused-ring (bicyclic) bond motifs is 1. The summed E-state index contributed by atoms with van der Waals surface area (Å²) in [7, 11) is 0. The number of ketones is 1. The van der Waals surface area contributed by atoms with E-state index in [9.17, 15) is 4.79 Å². The van der Waals surface area contributed by atoms with Crippen LogP contribution >= 0.6 is 0 Å². The van der Waals surface area contributed by atoms with Crippen molar-refractivity contribution in [3.63, 3.8) is 0 Å². The number of rotatable bonds is 21. The Labute approximate surface area is 332 Å². The third-order valence-electron chi connectivity index (χ3n) is 12.8. The van der Waals surface area contributed by atoms with Gasteiger partial charge in [-0.05, 0) is 61.0 Å². The third kappa shape index (κ3) is 25.6. The highest BCUT2D eigenvalue weighted by Gasteiger charge is 2.21. The van der Waals surface area contributed by atoms with Crippen molar-refractivity contribution in [1.82, 2.24) is 0 Å². The Balaban J connectivity index is 2.01. The number of Topliss-reactive ketones (excluding diaryl/α,β-unsaturated/α-hetero) is 1. The minimum absolute atomic E-state index is 0.458. The number of hydrogen-bond donors (Lipinski definition) is 0. The van der Waals surface area contributed by atoms with Crippen LogP contribution in [0, 0.1) is 11.8 Å². The van der Waals surface area contributed by atoms with Crippen LogP contribution in [0.2, 0.25) is 0 Å². The van der Waals surface area contributed by atoms with Crippen LogP contribution in [0.5, 0.6) is 0 Å². The van der Waals surface area contributed by atoms with Crippen LogP contribution in [0.15, 0.2) is 24.3 Å². The lowest BCUT2D eigenvalue weighted by molar-refractivity contribution is -0.118. The number of unbranched alkanes of at least 4 members (excludes halogenated alkanes) is 15. The second-order valence-corrected chi connectivity index (χ2v) is 17.6. The largest absolute Gasteiger partial charge is 0.381 e. The average molecular weight is 737 g/mol. The van der Waals surface area contributed by atoms with E-state index in [2.05, 4.69) is 45.0 Å². The van der Waals surface area contributed by atoms with Gasteiger partial charge in [-0.2, -0.15) is 0 Å². The van der Waals surface area contributed by atoms with Gasteiger partial charge in [0.1, 0.15) is 5.78 Å². The summed E-state index contributed by atoms with van der Waals surface area (Å²) in [6.07, 6.45) is 47.3. The molecule has 0 saturated carbocycles. The molecule has 1 aliphatic heterocycles. The Morgan fingerprint density at radius 1 is 0.491 bits per heavy atom. The zero-order valence-electron chi connectivity index (χ0n) is 36.2. The van der Waals surface area contributed by atoms with Crippen molar-refractivity contribution in [3.05, 3.63) is 35.4 Å². The molecule has 308 valence electrons. The predicted molar refractivity (Wildman–Crippen MR) is 234 cm³/mol. The van der Waals surface area contributed by atoms with Crippen molar-refractivity contribution in [2.24, 2.45) is 11.8 Å². The maximum atomic E-state index is 13.3. The van der Waals surface area contributed by atoms with E-state index < -0.39 is 0 Å². The van der Waals surface area contributed by atoms with Gasteiger partial charge in [0.15, 0.2) is 0 Å². The van der Waals surface area contributed by atoms with Crippen LogP contribution in [0.3, 0.4) is 0 Å². The molecule has 3 atom stereocenters. The van der Waals surface area contributed by atoms with Crippen molar-refractivity contribution < 1.29 is 9.53 Å². The predicted octanol–water partition coefficient (Wildman–Crippen LogP) is 16.9. The number of benzene rings is 1. The first kappa shape index (κ1) is 48.0. The number of carbonyl (C=O) groups is 1. The van der Waals surface area contributed by atoms with E-state index in [1.165, 1.54) is 223 Å². The molecule has 0 aromatic heterocycles. The van der Waals surface area contributed by atoms with Crippen molar-refractivity contribution in [3.8, 4) is 0 Å². The molecule has 0 aliphatic carbocycles. The van der Waals surface area contributed by atoms with Crippen LogP contribution < -0.4 is 0 Å². The molecule has 1 aromatic carbocycles. The van der Waals surface area contributed by atoms with Crippen molar-refractivity contribution in [2.75, 3.05) is 13.2 Å². The van der Waals surface area contributed by atoms with Gasteiger partial charge in [-0.3, -0.25) is 4.79 Å². The zero-order chi connectivity index (χ0) is 37.9. The monoisotopic (exact) mass is 737 g/mol. The minimum atomic E-state index is 0.458. The number of carbonyl (C=O) groups excluding carboxylic acids is 1. The Morgan fingerprint density at radius 2 is 0.981 bits per heavy atom. The van der Waals surface area contributed by atoms with E-state index in [1.807, 2.05) is 0 Å². The minimum Gasteiger partial charge on any atom is -0.381 e. The standard InChI is InChI=1S/C51H92O2/c1-4-7-10-13-15-21-28-37-48-38-29-23-24-33-43-53-44-42-47(36-25-18-12-9-6-3)46(34-26-19-14-11-8-5-2)35-27-20-16-17-22-30-40-50(52)45-49-39-31-32-41-51(48)49/h31-32,39,41,46-48H,4-30,33-38,40,42-45H2,1-3H3. The third-order valence-corrected chi connectivity index (χ3v) is 12.8. The molecule has 0 saturated heterocycles. The fourth-order valence-electron chi connectivity index (χ4n) is 9.35. The molecule has 0 bridgehead atoms. The normalized spacial score (nSPS) is 21.2. The Kier molecular flexibility index (Phi) is 31.9. The first-order chi connectivity index (χ1) is 26.2. The smallest absolute Gasteiger partial charge is 0.137 e. The van der Waals surface area contributed by atoms with E-state index in [-0.39, 0.29) is 0 Å². The average Bonchev–Trinajstić information content (AvgIpc) is 3.16. The summed E-state index contributed by atoms with van der Waals surface area (Å²) in [5, 5.41) is 0. The number of hydrogen-bond acceptors (Lipinski definition) is 2. The Hall–Kier alpha value is -1.15. The maximum absolute atomic E-state index is 13.3. The molecule has 1 aromatic rings. The molecule has 1 heterocycles. The summed E-state index contributed by atoms with van der Waals surface area (Å²) in [4.78, 5) is 13.3. The van der Waals surface area contributed by atoms with Gasteiger partial charge in [-0.15, -0.1) is 0 Å². The zero-order valence-corrected chi connectivity index (χ0v) is 36.2. The summed E-state index contributed by atoms with van der Waals surface area (Å²) in [6.45, 7) is 8.89. The van der Waals surface area contributed by atoms with Gasteiger partial charge in [0.2, 0.25) is 0 Å². The molecular weight excluding hydrogens is 645 g/mol. The molecule has 3 unspecified atom stereocenters. The van der Waals surface area contributed by atoms with Gasteiger partial charge in [-0.25, -0.2) is 0 Å². The lowest BCUT2D eigenvalue weighted by Crippen LogP contribution is -2.18. The Bertz CT molecular complexity index is 938. The summed E-state index contributed by atoms with van der Waals surface area (Å²) >= 11 is 0. The van der Waals surface area contributed by atoms with E-state index in [4.69, 9.17) is 4.74 Å². The topological polar surface area (TPSA) is 26.3 Å². The van der Waals surface area contributed by atoms with Gasteiger partial charge in [0.25, 0.3) is 0 Å². The van der Waals surface area contributed by atoms with Gasteiger partial charge < -0.3 is 4.74 Å². The van der Waals surface area contributed by atoms with E-state index in [1.54, 1.807) is 0 Å². The fraction of sp³-hybridized carbons (Fsp3) is 0.863. The van der Waals surface area contributed by atoms with Crippen LogP contribution in [0.1, 0.15) is 263 Å². The highest BCUT2D eigenvalue weighted by Crippen LogP contribution is 2.34.